The number of aromatic nitrogens is 1. The predicted octanol–water partition coefficient (Wildman–Crippen LogP) is 2.94. The summed E-state index contributed by atoms with van der Waals surface area (Å²) >= 11 is 1.63. The van der Waals surface area contributed by atoms with Crippen molar-refractivity contribution in [2.24, 2.45) is 0 Å². The van der Waals surface area contributed by atoms with E-state index in [0.29, 0.717) is 19.4 Å². The maximum Gasteiger partial charge on any atom is 0.224 e. The molecule has 0 fully saturated rings. The highest BCUT2D eigenvalue weighted by Crippen LogP contribution is 2.21. The van der Waals surface area contributed by atoms with Gasteiger partial charge in [0.1, 0.15) is 0 Å². The predicted molar refractivity (Wildman–Crippen MR) is 89.9 cm³/mol. The van der Waals surface area contributed by atoms with Gasteiger partial charge in [-0.15, -0.1) is 11.3 Å². The fraction of sp³-hybridized carbons (Fsp3) is 0.412. The summed E-state index contributed by atoms with van der Waals surface area (Å²) in [5.41, 5.74) is 2.99. The molecule has 0 spiro atoms. The largest absolute Gasteiger partial charge is 0.391 e. The number of hydrogen-bond acceptors (Lipinski definition) is 4. The second-order valence-electron chi connectivity index (χ2n) is 5.37. The highest BCUT2D eigenvalue weighted by molar-refractivity contribution is 7.09. The molecule has 2 N–H and O–H groups in total. The maximum atomic E-state index is 11.8. The quantitative estimate of drug-likeness (QED) is 0.825. The van der Waals surface area contributed by atoms with E-state index in [1.54, 1.807) is 11.3 Å². The van der Waals surface area contributed by atoms with Crippen molar-refractivity contribution >= 4 is 17.2 Å². The molecule has 0 aliphatic rings. The van der Waals surface area contributed by atoms with Crippen LogP contribution in [0.2, 0.25) is 0 Å². The molecule has 0 saturated carbocycles. The molecule has 2 aromatic rings. The highest BCUT2D eigenvalue weighted by Gasteiger charge is 2.08. The van der Waals surface area contributed by atoms with Crippen molar-refractivity contribution in [1.82, 2.24) is 10.3 Å². The third-order valence-electron chi connectivity index (χ3n) is 3.39. The van der Waals surface area contributed by atoms with Crippen molar-refractivity contribution in [2.75, 3.05) is 6.54 Å². The number of carbonyl (C=O) groups is 1. The van der Waals surface area contributed by atoms with Crippen LogP contribution in [0, 0.1) is 6.92 Å². The van der Waals surface area contributed by atoms with Crippen molar-refractivity contribution in [3.63, 3.8) is 0 Å². The summed E-state index contributed by atoms with van der Waals surface area (Å²) in [6.07, 6.45) is 1.50. The summed E-state index contributed by atoms with van der Waals surface area (Å²) in [6.45, 7) is 4.32. The first-order valence-electron chi connectivity index (χ1n) is 7.54. The summed E-state index contributed by atoms with van der Waals surface area (Å²) in [7, 11) is 0. The third kappa shape index (κ3) is 4.93. The molecular formula is C17H22N2O2S. The van der Waals surface area contributed by atoms with Gasteiger partial charge in [-0.2, -0.15) is 0 Å². The van der Waals surface area contributed by atoms with Crippen LogP contribution in [0.25, 0.3) is 11.3 Å². The number of nitrogens with zero attached hydrogens (tertiary/aromatic N) is 1. The minimum absolute atomic E-state index is 0.0626. The monoisotopic (exact) mass is 318 g/mol. The van der Waals surface area contributed by atoms with Crippen LogP contribution in [0.3, 0.4) is 0 Å². The second kappa shape index (κ2) is 8.06. The van der Waals surface area contributed by atoms with Gasteiger partial charge in [0, 0.05) is 17.5 Å². The Morgan fingerprint density at radius 2 is 2.09 bits per heavy atom. The number of amides is 1. The standard InChI is InChI=1S/C17H22N2O2S/c1-3-4-15(20)10-18-17(21)9-13-5-7-14(8-6-13)16-11-22-12(2)19-16/h5-8,11,15,20H,3-4,9-10H2,1-2H3,(H,18,21). The molecule has 0 bridgehead atoms. The number of thiazole rings is 1. The molecule has 1 unspecified atom stereocenters. The smallest absolute Gasteiger partial charge is 0.224 e. The van der Waals surface area contributed by atoms with Crippen LogP contribution < -0.4 is 5.32 Å². The first-order chi connectivity index (χ1) is 10.6. The molecule has 22 heavy (non-hydrogen) atoms. The minimum atomic E-state index is -0.454. The zero-order valence-corrected chi connectivity index (χ0v) is 13.8. The van der Waals surface area contributed by atoms with E-state index in [2.05, 4.69) is 10.3 Å². The van der Waals surface area contributed by atoms with Crippen LogP contribution in [0.4, 0.5) is 0 Å². The fourth-order valence-corrected chi connectivity index (χ4v) is 2.83. The van der Waals surface area contributed by atoms with Crippen molar-refractivity contribution in [3.05, 3.63) is 40.2 Å². The third-order valence-corrected chi connectivity index (χ3v) is 4.16. The number of benzene rings is 1. The molecule has 4 nitrogen and oxygen atoms in total. The van der Waals surface area contributed by atoms with E-state index in [1.807, 2.05) is 43.5 Å². The van der Waals surface area contributed by atoms with E-state index in [9.17, 15) is 9.90 Å². The molecule has 2 rings (SSSR count). The molecule has 1 atom stereocenters. The SMILES string of the molecule is CCCC(O)CNC(=O)Cc1ccc(-c2csc(C)n2)cc1. The van der Waals surface area contributed by atoms with Gasteiger partial charge < -0.3 is 10.4 Å². The van der Waals surface area contributed by atoms with E-state index in [-0.39, 0.29) is 5.91 Å². The number of aliphatic hydroxyl groups is 1. The summed E-state index contributed by atoms with van der Waals surface area (Å²) in [5, 5.41) is 15.5. The molecule has 0 radical (unpaired) electrons. The van der Waals surface area contributed by atoms with Gasteiger partial charge in [-0.1, -0.05) is 37.6 Å². The molecule has 0 aliphatic heterocycles. The van der Waals surface area contributed by atoms with Gasteiger partial charge in [-0.05, 0) is 18.9 Å². The first-order valence-corrected chi connectivity index (χ1v) is 8.42. The van der Waals surface area contributed by atoms with E-state index >= 15 is 0 Å². The van der Waals surface area contributed by atoms with E-state index in [1.165, 1.54) is 0 Å². The van der Waals surface area contributed by atoms with Gasteiger partial charge in [0.15, 0.2) is 0 Å². The topological polar surface area (TPSA) is 62.2 Å². The van der Waals surface area contributed by atoms with Gasteiger partial charge in [0.25, 0.3) is 0 Å². The maximum absolute atomic E-state index is 11.8. The summed E-state index contributed by atoms with van der Waals surface area (Å²) < 4.78 is 0. The molecule has 5 heteroatoms. The normalized spacial score (nSPS) is 12.1. The minimum Gasteiger partial charge on any atom is -0.391 e. The number of aliphatic hydroxyl groups excluding tert-OH is 1. The lowest BCUT2D eigenvalue weighted by molar-refractivity contribution is -0.120. The van der Waals surface area contributed by atoms with Crippen LogP contribution >= 0.6 is 11.3 Å². The Bertz CT molecular complexity index is 607. The number of carbonyl (C=O) groups excluding carboxylic acids is 1. The molecule has 118 valence electrons. The molecular weight excluding hydrogens is 296 g/mol. The number of nitrogens with one attached hydrogen (secondary N) is 1. The lowest BCUT2D eigenvalue weighted by atomic mass is 10.1. The Balaban J connectivity index is 1.87. The average molecular weight is 318 g/mol. The van der Waals surface area contributed by atoms with Crippen molar-refractivity contribution in [2.45, 2.75) is 39.2 Å². The first kappa shape index (κ1) is 16.6. The highest BCUT2D eigenvalue weighted by atomic mass is 32.1. The Labute approximate surface area is 135 Å². The lowest BCUT2D eigenvalue weighted by Crippen LogP contribution is -2.33. The molecule has 1 aromatic heterocycles. The Morgan fingerprint density at radius 1 is 1.36 bits per heavy atom. The van der Waals surface area contributed by atoms with Crippen LogP contribution in [0.15, 0.2) is 29.6 Å². The van der Waals surface area contributed by atoms with Crippen LogP contribution in [0.5, 0.6) is 0 Å². The van der Waals surface area contributed by atoms with Crippen LogP contribution in [-0.4, -0.2) is 28.6 Å². The van der Waals surface area contributed by atoms with Crippen LogP contribution in [-0.2, 0) is 11.2 Å². The van der Waals surface area contributed by atoms with Gasteiger partial charge in [-0.25, -0.2) is 4.98 Å². The van der Waals surface area contributed by atoms with Gasteiger partial charge >= 0.3 is 0 Å². The Hall–Kier alpha value is -1.72. The average Bonchev–Trinajstić information content (AvgIpc) is 2.93. The van der Waals surface area contributed by atoms with E-state index in [4.69, 9.17) is 0 Å². The molecule has 0 aliphatic carbocycles. The van der Waals surface area contributed by atoms with E-state index < -0.39 is 6.10 Å². The molecule has 1 aromatic carbocycles. The van der Waals surface area contributed by atoms with Gasteiger partial charge in [0.05, 0.1) is 23.2 Å². The summed E-state index contributed by atoms with van der Waals surface area (Å²) in [4.78, 5) is 16.3. The Kier molecular flexibility index (Phi) is 6.10. The van der Waals surface area contributed by atoms with E-state index in [0.717, 1.165) is 28.2 Å². The van der Waals surface area contributed by atoms with Crippen molar-refractivity contribution < 1.29 is 9.90 Å². The lowest BCUT2D eigenvalue weighted by Gasteiger charge is -2.10. The summed E-state index contributed by atoms with van der Waals surface area (Å²) in [5.74, 6) is -0.0626. The van der Waals surface area contributed by atoms with Crippen molar-refractivity contribution in [1.29, 1.82) is 0 Å². The zero-order chi connectivity index (χ0) is 15.9. The number of rotatable bonds is 7. The van der Waals surface area contributed by atoms with Crippen LogP contribution in [0.1, 0.15) is 30.3 Å². The summed E-state index contributed by atoms with van der Waals surface area (Å²) in [6, 6.07) is 7.88. The van der Waals surface area contributed by atoms with Crippen molar-refractivity contribution in [3.8, 4) is 11.3 Å². The zero-order valence-electron chi connectivity index (χ0n) is 13.0. The number of aryl methyl sites for hydroxylation is 1. The Morgan fingerprint density at radius 3 is 2.68 bits per heavy atom. The number of hydrogen-bond donors (Lipinski definition) is 2. The molecule has 1 amide bonds. The second-order valence-corrected chi connectivity index (χ2v) is 6.43. The van der Waals surface area contributed by atoms with Gasteiger partial charge in [0.2, 0.25) is 5.91 Å². The van der Waals surface area contributed by atoms with Gasteiger partial charge in [-0.3, -0.25) is 4.79 Å². The fourth-order valence-electron chi connectivity index (χ4n) is 2.20. The molecule has 0 saturated heterocycles. The molecule has 1 heterocycles.